The van der Waals surface area contributed by atoms with Crippen molar-refractivity contribution in [2.75, 3.05) is 0 Å². The predicted molar refractivity (Wildman–Crippen MR) is 80.0 cm³/mol. The Morgan fingerprint density at radius 1 is 1.47 bits per heavy atom. The van der Waals surface area contributed by atoms with Gasteiger partial charge in [-0.15, -0.1) is 0 Å². The Balaban J connectivity index is 2.01. The molecule has 1 amide bonds. The fourth-order valence-electron chi connectivity index (χ4n) is 2.64. The third-order valence-electron chi connectivity index (χ3n) is 3.78. The van der Waals surface area contributed by atoms with Crippen LogP contribution >= 0.6 is 12.2 Å². The number of hydrogen-bond acceptors (Lipinski definition) is 2. The number of thiocarbonyl (C=S) groups is 1. The van der Waals surface area contributed by atoms with Gasteiger partial charge in [0.15, 0.2) is 0 Å². The second kappa shape index (κ2) is 6.19. The van der Waals surface area contributed by atoms with E-state index in [-0.39, 0.29) is 11.9 Å². The molecule has 1 aliphatic rings. The molecule has 1 saturated carbocycles. The van der Waals surface area contributed by atoms with Crippen LogP contribution in [0.4, 0.5) is 0 Å². The summed E-state index contributed by atoms with van der Waals surface area (Å²) in [6.45, 7) is 1.87. The van der Waals surface area contributed by atoms with E-state index in [0.717, 1.165) is 18.5 Å². The van der Waals surface area contributed by atoms with Gasteiger partial charge in [-0.25, -0.2) is 0 Å². The standard InChI is InChI=1S/C14H21N3OS/c1-10(17-9-5-8-12(17)13(15)19)14(18)16-11-6-3-2-4-7-11/h5,8-11H,2-4,6-7H2,1H3,(H2,15,19)(H,16,18). The average Bonchev–Trinajstić information content (AvgIpc) is 2.88. The molecule has 4 nitrogen and oxygen atoms in total. The lowest BCUT2D eigenvalue weighted by Gasteiger charge is -2.25. The number of nitrogens with zero attached hydrogens (tertiary/aromatic N) is 1. The van der Waals surface area contributed by atoms with Crippen LogP contribution in [0, 0.1) is 0 Å². The first-order valence-electron chi connectivity index (χ1n) is 6.86. The van der Waals surface area contributed by atoms with E-state index in [1.54, 1.807) is 0 Å². The fraction of sp³-hybridized carbons (Fsp3) is 0.571. The van der Waals surface area contributed by atoms with E-state index in [9.17, 15) is 4.79 Å². The highest BCUT2D eigenvalue weighted by molar-refractivity contribution is 7.80. The molecule has 0 spiro atoms. The molecule has 1 heterocycles. The van der Waals surface area contributed by atoms with E-state index in [4.69, 9.17) is 18.0 Å². The molecule has 1 aromatic heterocycles. The van der Waals surface area contributed by atoms with Crippen molar-refractivity contribution >= 4 is 23.1 Å². The molecule has 0 aromatic carbocycles. The number of hydrogen-bond donors (Lipinski definition) is 2. The largest absolute Gasteiger partial charge is 0.388 e. The van der Waals surface area contributed by atoms with Crippen molar-refractivity contribution in [3.63, 3.8) is 0 Å². The van der Waals surface area contributed by atoms with Crippen molar-refractivity contribution in [3.05, 3.63) is 24.0 Å². The number of nitrogens with one attached hydrogen (secondary N) is 1. The minimum absolute atomic E-state index is 0.0422. The summed E-state index contributed by atoms with van der Waals surface area (Å²) in [5, 5.41) is 3.13. The topological polar surface area (TPSA) is 60.0 Å². The maximum Gasteiger partial charge on any atom is 0.242 e. The third kappa shape index (κ3) is 3.35. The van der Waals surface area contributed by atoms with Crippen LogP contribution in [-0.2, 0) is 4.79 Å². The maximum atomic E-state index is 12.3. The molecular weight excluding hydrogens is 258 g/mol. The van der Waals surface area contributed by atoms with Crippen LogP contribution in [0.15, 0.2) is 18.3 Å². The zero-order chi connectivity index (χ0) is 13.8. The Hall–Kier alpha value is -1.36. The van der Waals surface area contributed by atoms with E-state index in [2.05, 4.69) is 5.32 Å². The highest BCUT2D eigenvalue weighted by Crippen LogP contribution is 2.19. The zero-order valence-corrected chi connectivity index (χ0v) is 12.1. The van der Waals surface area contributed by atoms with Gasteiger partial charge in [-0.05, 0) is 31.9 Å². The van der Waals surface area contributed by atoms with Gasteiger partial charge in [-0.1, -0.05) is 31.5 Å². The van der Waals surface area contributed by atoms with Gasteiger partial charge in [0.25, 0.3) is 0 Å². The van der Waals surface area contributed by atoms with E-state index in [1.165, 1.54) is 19.3 Å². The molecule has 1 unspecified atom stereocenters. The predicted octanol–water partition coefficient (Wildman–Crippen LogP) is 2.13. The molecule has 0 aliphatic heterocycles. The van der Waals surface area contributed by atoms with E-state index in [0.29, 0.717) is 11.0 Å². The average molecular weight is 279 g/mol. The van der Waals surface area contributed by atoms with Crippen LogP contribution in [0.25, 0.3) is 0 Å². The number of nitrogens with two attached hydrogens (primary N) is 1. The maximum absolute atomic E-state index is 12.3. The van der Waals surface area contributed by atoms with Gasteiger partial charge in [0.2, 0.25) is 5.91 Å². The molecule has 1 atom stereocenters. The van der Waals surface area contributed by atoms with Crippen molar-refractivity contribution in [1.29, 1.82) is 0 Å². The molecule has 5 heteroatoms. The molecule has 104 valence electrons. The van der Waals surface area contributed by atoms with Crippen LogP contribution in [0.1, 0.15) is 50.8 Å². The van der Waals surface area contributed by atoms with E-state index < -0.39 is 0 Å². The van der Waals surface area contributed by atoms with Crippen molar-refractivity contribution in [2.45, 2.75) is 51.1 Å². The molecule has 1 aliphatic carbocycles. The summed E-state index contributed by atoms with van der Waals surface area (Å²) >= 11 is 5.00. The van der Waals surface area contributed by atoms with Crippen molar-refractivity contribution in [2.24, 2.45) is 5.73 Å². The van der Waals surface area contributed by atoms with Gasteiger partial charge in [0.05, 0.1) is 5.69 Å². The molecular formula is C14H21N3OS. The highest BCUT2D eigenvalue weighted by Gasteiger charge is 2.21. The Morgan fingerprint density at radius 2 is 2.16 bits per heavy atom. The quantitative estimate of drug-likeness (QED) is 0.830. The molecule has 3 N–H and O–H groups in total. The first kappa shape index (κ1) is 14.1. The van der Waals surface area contributed by atoms with Crippen LogP contribution in [0.3, 0.4) is 0 Å². The molecule has 1 aromatic rings. The first-order chi connectivity index (χ1) is 9.09. The van der Waals surface area contributed by atoms with Gasteiger partial charge < -0.3 is 15.6 Å². The normalized spacial score (nSPS) is 17.9. The Kier molecular flexibility index (Phi) is 4.58. The Labute approximate surface area is 119 Å². The number of carbonyl (C=O) groups is 1. The number of aromatic nitrogens is 1. The van der Waals surface area contributed by atoms with Crippen molar-refractivity contribution in [1.82, 2.24) is 9.88 Å². The van der Waals surface area contributed by atoms with Gasteiger partial charge in [0, 0.05) is 12.2 Å². The first-order valence-corrected chi connectivity index (χ1v) is 7.27. The summed E-state index contributed by atoms with van der Waals surface area (Å²) in [4.78, 5) is 12.6. The molecule has 1 fully saturated rings. The van der Waals surface area contributed by atoms with Gasteiger partial charge in [0.1, 0.15) is 11.0 Å². The number of amides is 1. The van der Waals surface area contributed by atoms with Gasteiger partial charge >= 0.3 is 0 Å². The lowest BCUT2D eigenvalue weighted by atomic mass is 9.95. The summed E-state index contributed by atoms with van der Waals surface area (Å²) in [5.41, 5.74) is 6.40. The fourth-order valence-corrected chi connectivity index (χ4v) is 2.81. The molecule has 0 saturated heterocycles. The summed E-state index contributed by atoms with van der Waals surface area (Å²) < 4.78 is 1.83. The van der Waals surface area contributed by atoms with E-state index in [1.807, 2.05) is 29.8 Å². The molecule has 0 bridgehead atoms. The Morgan fingerprint density at radius 3 is 2.79 bits per heavy atom. The summed E-state index contributed by atoms with van der Waals surface area (Å²) in [6, 6.07) is 3.74. The minimum Gasteiger partial charge on any atom is -0.388 e. The smallest absolute Gasteiger partial charge is 0.242 e. The second-order valence-corrected chi connectivity index (χ2v) is 5.62. The van der Waals surface area contributed by atoms with Gasteiger partial charge in [-0.3, -0.25) is 4.79 Å². The van der Waals surface area contributed by atoms with Crippen LogP contribution < -0.4 is 11.1 Å². The van der Waals surface area contributed by atoms with Crippen LogP contribution in [-0.4, -0.2) is 21.5 Å². The number of rotatable bonds is 4. The molecule has 0 radical (unpaired) electrons. The number of carbonyl (C=O) groups excluding carboxylic acids is 1. The zero-order valence-electron chi connectivity index (χ0n) is 11.3. The lowest BCUT2D eigenvalue weighted by molar-refractivity contribution is -0.124. The summed E-state index contributed by atoms with van der Waals surface area (Å²) in [5.74, 6) is 0.0422. The van der Waals surface area contributed by atoms with Crippen molar-refractivity contribution in [3.8, 4) is 0 Å². The second-order valence-electron chi connectivity index (χ2n) is 5.18. The SMILES string of the molecule is CC(C(=O)NC1CCCCC1)n1cccc1C(N)=S. The van der Waals surface area contributed by atoms with Crippen molar-refractivity contribution < 1.29 is 4.79 Å². The minimum atomic E-state index is -0.284. The Bertz CT molecular complexity index is 463. The van der Waals surface area contributed by atoms with Crippen LogP contribution in [0.5, 0.6) is 0 Å². The third-order valence-corrected chi connectivity index (χ3v) is 3.99. The van der Waals surface area contributed by atoms with Crippen LogP contribution in [0.2, 0.25) is 0 Å². The summed E-state index contributed by atoms with van der Waals surface area (Å²) in [7, 11) is 0. The molecule has 19 heavy (non-hydrogen) atoms. The molecule has 2 rings (SSSR count). The highest BCUT2D eigenvalue weighted by atomic mass is 32.1. The monoisotopic (exact) mass is 279 g/mol. The summed E-state index contributed by atoms with van der Waals surface area (Å²) in [6.07, 6.45) is 7.73. The van der Waals surface area contributed by atoms with Gasteiger partial charge in [-0.2, -0.15) is 0 Å². The van der Waals surface area contributed by atoms with E-state index >= 15 is 0 Å². The lowest BCUT2D eigenvalue weighted by Crippen LogP contribution is -2.40.